The zero-order valence-electron chi connectivity index (χ0n) is 10.8. The van der Waals surface area contributed by atoms with Crippen LogP contribution in [0.15, 0.2) is 23.4 Å². The lowest BCUT2D eigenvalue weighted by molar-refractivity contribution is 0.320. The molecule has 2 rings (SSSR count). The SMILES string of the molecule is CC(NS(=O)(=O)c1ncccc1F)C1CCCNC1. The van der Waals surface area contributed by atoms with E-state index in [-0.39, 0.29) is 12.0 Å². The lowest BCUT2D eigenvalue weighted by Crippen LogP contribution is -2.44. The molecule has 2 atom stereocenters. The van der Waals surface area contributed by atoms with Crippen LogP contribution in [0, 0.1) is 11.7 Å². The van der Waals surface area contributed by atoms with Gasteiger partial charge in [0.2, 0.25) is 5.03 Å². The maximum Gasteiger partial charge on any atom is 0.261 e. The molecule has 1 aliphatic rings. The fraction of sp³-hybridized carbons (Fsp3) is 0.583. The molecule has 0 radical (unpaired) electrons. The number of halogens is 1. The first kappa shape index (κ1) is 14.4. The Bertz CT molecular complexity index is 530. The fourth-order valence-electron chi connectivity index (χ4n) is 2.27. The molecule has 2 unspecified atom stereocenters. The summed E-state index contributed by atoms with van der Waals surface area (Å²) in [6, 6.07) is 2.20. The number of pyridine rings is 1. The number of sulfonamides is 1. The highest BCUT2D eigenvalue weighted by Gasteiger charge is 2.27. The first-order valence-corrected chi connectivity index (χ1v) is 7.82. The Balaban J connectivity index is 2.11. The molecule has 0 aromatic carbocycles. The van der Waals surface area contributed by atoms with Gasteiger partial charge in [0.1, 0.15) is 0 Å². The van der Waals surface area contributed by atoms with E-state index in [1.807, 2.05) is 0 Å². The molecule has 1 aromatic heterocycles. The molecule has 2 heterocycles. The Morgan fingerprint density at radius 3 is 3.00 bits per heavy atom. The van der Waals surface area contributed by atoms with Crippen molar-refractivity contribution >= 4 is 10.0 Å². The van der Waals surface area contributed by atoms with E-state index >= 15 is 0 Å². The van der Waals surface area contributed by atoms with Crippen molar-refractivity contribution in [3.05, 3.63) is 24.1 Å². The summed E-state index contributed by atoms with van der Waals surface area (Å²) < 4.78 is 40.1. The van der Waals surface area contributed by atoms with Crippen LogP contribution in [0.4, 0.5) is 4.39 Å². The van der Waals surface area contributed by atoms with E-state index in [1.165, 1.54) is 12.3 Å². The van der Waals surface area contributed by atoms with Crippen molar-refractivity contribution in [3.63, 3.8) is 0 Å². The van der Waals surface area contributed by atoms with E-state index in [1.54, 1.807) is 6.92 Å². The quantitative estimate of drug-likeness (QED) is 0.862. The van der Waals surface area contributed by atoms with Gasteiger partial charge in [0, 0.05) is 12.2 Å². The summed E-state index contributed by atoms with van der Waals surface area (Å²) in [6.45, 7) is 3.54. The first-order valence-electron chi connectivity index (χ1n) is 6.34. The molecule has 5 nitrogen and oxygen atoms in total. The number of piperidine rings is 1. The molecule has 106 valence electrons. The lowest BCUT2D eigenvalue weighted by atomic mass is 9.94. The van der Waals surface area contributed by atoms with Crippen molar-refractivity contribution in [3.8, 4) is 0 Å². The predicted molar refractivity (Wildman–Crippen MR) is 69.6 cm³/mol. The molecule has 7 heteroatoms. The van der Waals surface area contributed by atoms with Gasteiger partial charge < -0.3 is 5.32 Å². The topological polar surface area (TPSA) is 71.1 Å². The second-order valence-corrected chi connectivity index (χ2v) is 6.44. The molecule has 0 spiro atoms. The van der Waals surface area contributed by atoms with E-state index in [9.17, 15) is 12.8 Å². The van der Waals surface area contributed by atoms with Gasteiger partial charge in [-0.05, 0) is 50.9 Å². The van der Waals surface area contributed by atoms with Gasteiger partial charge in [-0.3, -0.25) is 0 Å². The first-order chi connectivity index (χ1) is 9.00. The monoisotopic (exact) mass is 287 g/mol. The fourth-order valence-corrected chi connectivity index (χ4v) is 3.59. The van der Waals surface area contributed by atoms with Crippen LogP contribution in [0.3, 0.4) is 0 Å². The maximum atomic E-state index is 13.5. The maximum absolute atomic E-state index is 13.5. The highest BCUT2D eigenvalue weighted by atomic mass is 32.2. The van der Waals surface area contributed by atoms with Crippen molar-refractivity contribution in [2.45, 2.75) is 30.8 Å². The Labute approximate surface area is 112 Å². The summed E-state index contributed by atoms with van der Waals surface area (Å²) in [7, 11) is -3.90. The molecule has 0 amide bonds. The minimum Gasteiger partial charge on any atom is -0.316 e. The van der Waals surface area contributed by atoms with Crippen LogP contribution in [-0.2, 0) is 10.0 Å². The second-order valence-electron chi connectivity index (χ2n) is 4.81. The van der Waals surface area contributed by atoms with Gasteiger partial charge in [0.05, 0.1) is 0 Å². The number of rotatable bonds is 4. The Morgan fingerprint density at radius 1 is 1.58 bits per heavy atom. The van der Waals surface area contributed by atoms with Crippen molar-refractivity contribution in [2.24, 2.45) is 5.92 Å². The third-order valence-corrected chi connectivity index (χ3v) is 4.85. The van der Waals surface area contributed by atoms with Crippen LogP contribution in [0.1, 0.15) is 19.8 Å². The third kappa shape index (κ3) is 3.49. The summed E-state index contributed by atoms with van der Waals surface area (Å²) in [5.74, 6) is -0.612. The van der Waals surface area contributed by atoms with Gasteiger partial charge in [0.15, 0.2) is 5.82 Å². The average molecular weight is 287 g/mol. The van der Waals surface area contributed by atoms with Gasteiger partial charge in [-0.1, -0.05) is 0 Å². The predicted octanol–water partition coefficient (Wildman–Crippen LogP) is 0.887. The molecular formula is C12H18FN3O2S. The van der Waals surface area contributed by atoms with Crippen molar-refractivity contribution < 1.29 is 12.8 Å². The van der Waals surface area contributed by atoms with Gasteiger partial charge in [-0.2, -0.15) is 0 Å². The van der Waals surface area contributed by atoms with Gasteiger partial charge in [-0.25, -0.2) is 22.5 Å². The summed E-state index contributed by atoms with van der Waals surface area (Å²) in [5, 5.41) is 2.69. The molecule has 0 saturated carbocycles. The van der Waals surface area contributed by atoms with Crippen molar-refractivity contribution in [2.75, 3.05) is 13.1 Å². The van der Waals surface area contributed by atoms with Crippen LogP contribution < -0.4 is 10.0 Å². The van der Waals surface area contributed by atoms with Crippen LogP contribution in [-0.4, -0.2) is 32.5 Å². The van der Waals surface area contributed by atoms with Gasteiger partial charge in [-0.15, -0.1) is 0 Å². The standard InChI is InChI=1S/C12H18FN3O2S/c1-9(10-4-2-6-14-8-10)16-19(17,18)12-11(13)5-3-7-15-12/h3,5,7,9-10,14,16H,2,4,6,8H2,1H3. The summed E-state index contributed by atoms with van der Waals surface area (Å²) in [6.07, 6.45) is 3.25. The molecular weight excluding hydrogens is 269 g/mol. The normalized spacial score (nSPS) is 22.1. The summed E-state index contributed by atoms with van der Waals surface area (Å²) >= 11 is 0. The Morgan fingerprint density at radius 2 is 2.37 bits per heavy atom. The number of hydrogen-bond acceptors (Lipinski definition) is 4. The van der Waals surface area contributed by atoms with Crippen LogP contribution in [0.25, 0.3) is 0 Å². The lowest BCUT2D eigenvalue weighted by Gasteiger charge is -2.28. The molecule has 0 aliphatic carbocycles. The molecule has 1 aliphatic heterocycles. The highest BCUT2D eigenvalue weighted by Crippen LogP contribution is 2.17. The smallest absolute Gasteiger partial charge is 0.261 e. The third-order valence-electron chi connectivity index (χ3n) is 3.36. The number of nitrogens with zero attached hydrogens (tertiary/aromatic N) is 1. The second kappa shape index (κ2) is 5.94. The molecule has 19 heavy (non-hydrogen) atoms. The highest BCUT2D eigenvalue weighted by molar-refractivity contribution is 7.89. The number of aromatic nitrogens is 1. The van der Waals surface area contributed by atoms with Gasteiger partial charge >= 0.3 is 0 Å². The molecule has 1 fully saturated rings. The molecule has 1 aromatic rings. The largest absolute Gasteiger partial charge is 0.316 e. The minimum atomic E-state index is -3.90. The van der Waals surface area contributed by atoms with E-state index in [2.05, 4.69) is 15.0 Å². The van der Waals surface area contributed by atoms with Crippen molar-refractivity contribution in [1.82, 2.24) is 15.0 Å². The van der Waals surface area contributed by atoms with Crippen LogP contribution >= 0.6 is 0 Å². The Hall–Kier alpha value is -1.05. The zero-order chi connectivity index (χ0) is 13.9. The Kier molecular flexibility index (Phi) is 4.49. The van der Waals surface area contributed by atoms with Crippen molar-refractivity contribution in [1.29, 1.82) is 0 Å². The van der Waals surface area contributed by atoms with E-state index in [0.29, 0.717) is 0 Å². The average Bonchev–Trinajstić information content (AvgIpc) is 2.39. The zero-order valence-corrected chi connectivity index (χ0v) is 11.6. The van der Waals surface area contributed by atoms with E-state index in [4.69, 9.17) is 0 Å². The molecule has 0 bridgehead atoms. The summed E-state index contributed by atoms with van der Waals surface area (Å²) in [4.78, 5) is 3.61. The van der Waals surface area contributed by atoms with Crippen LogP contribution in [0.5, 0.6) is 0 Å². The van der Waals surface area contributed by atoms with Crippen LogP contribution in [0.2, 0.25) is 0 Å². The molecule has 1 saturated heterocycles. The van der Waals surface area contributed by atoms with Gasteiger partial charge in [0.25, 0.3) is 10.0 Å². The number of nitrogens with one attached hydrogen (secondary N) is 2. The van der Waals surface area contributed by atoms with E-state index < -0.39 is 20.9 Å². The number of hydrogen-bond donors (Lipinski definition) is 2. The molecule has 2 N–H and O–H groups in total. The minimum absolute atomic E-state index is 0.218. The summed E-state index contributed by atoms with van der Waals surface area (Å²) in [5.41, 5.74) is 0. The van der Waals surface area contributed by atoms with E-state index in [0.717, 1.165) is 32.0 Å².